The van der Waals surface area contributed by atoms with Gasteiger partial charge in [-0.3, -0.25) is 0 Å². The fraction of sp³-hybridized carbons (Fsp3) is 0.538. The molecule has 0 aliphatic rings. The Bertz CT molecular complexity index is 492. The molecule has 1 atom stereocenters. The molecule has 0 radical (unpaired) electrons. The highest BCUT2D eigenvalue weighted by Crippen LogP contribution is 2.24. The molecule has 17 heavy (non-hydrogen) atoms. The summed E-state index contributed by atoms with van der Waals surface area (Å²) in [5.41, 5.74) is 7.46. The SMILES string of the molecule is Cc1ccc(S(=O)(=O)C(CN)C(C)C)c(C)c1. The fourth-order valence-corrected chi connectivity index (χ4v) is 4.10. The summed E-state index contributed by atoms with van der Waals surface area (Å²) in [6, 6.07) is 5.40. The molecule has 1 rings (SSSR count). The second-order valence-corrected chi connectivity index (χ2v) is 6.97. The molecule has 0 aromatic heterocycles. The standard InChI is InChI=1S/C13H21NO2S/c1-9(2)13(8-14)17(15,16)12-6-5-10(3)7-11(12)4/h5-7,9,13H,8,14H2,1-4H3. The summed E-state index contributed by atoms with van der Waals surface area (Å²) in [7, 11) is -3.32. The number of benzene rings is 1. The Morgan fingerprint density at radius 1 is 1.24 bits per heavy atom. The van der Waals surface area contributed by atoms with Gasteiger partial charge in [-0.25, -0.2) is 8.42 Å². The first-order chi connectivity index (χ1) is 7.80. The van der Waals surface area contributed by atoms with Gasteiger partial charge in [-0.1, -0.05) is 31.5 Å². The Labute approximate surface area is 104 Å². The highest BCUT2D eigenvalue weighted by Gasteiger charge is 2.30. The molecule has 0 amide bonds. The minimum Gasteiger partial charge on any atom is -0.329 e. The van der Waals surface area contributed by atoms with Gasteiger partial charge in [0, 0.05) is 6.54 Å². The van der Waals surface area contributed by atoms with Crippen LogP contribution in [0.15, 0.2) is 23.1 Å². The Balaban J connectivity index is 3.30. The van der Waals surface area contributed by atoms with E-state index >= 15 is 0 Å². The van der Waals surface area contributed by atoms with Crippen molar-refractivity contribution in [3.05, 3.63) is 29.3 Å². The van der Waals surface area contributed by atoms with Crippen LogP contribution in [-0.4, -0.2) is 20.2 Å². The van der Waals surface area contributed by atoms with Crippen molar-refractivity contribution in [2.45, 2.75) is 37.8 Å². The van der Waals surface area contributed by atoms with E-state index in [4.69, 9.17) is 5.73 Å². The first kappa shape index (κ1) is 14.2. The van der Waals surface area contributed by atoms with Crippen LogP contribution in [0.5, 0.6) is 0 Å². The highest BCUT2D eigenvalue weighted by atomic mass is 32.2. The maximum atomic E-state index is 12.5. The number of rotatable bonds is 4. The summed E-state index contributed by atoms with van der Waals surface area (Å²) in [5, 5.41) is -0.510. The molecule has 0 spiro atoms. The first-order valence-electron chi connectivity index (χ1n) is 5.82. The van der Waals surface area contributed by atoms with Gasteiger partial charge in [0.25, 0.3) is 0 Å². The fourth-order valence-electron chi connectivity index (χ4n) is 2.04. The van der Waals surface area contributed by atoms with Crippen molar-refractivity contribution in [3.8, 4) is 0 Å². The Morgan fingerprint density at radius 3 is 2.24 bits per heavy atom. The van der Waals surface area contributed by atoms with E-state index < -0.39 is 15.1 Å². The average molecular weight is 255 g/mol. The Kier molecular flexibility index (Phi) is 4.33. The number of sulfone groups is 1. The lowest BCUT2D eigenvalue weighted by Gasteiger charge is -2.20. The summed E-state index contributed by atoms with van der Waals surface area (Å²) in [5.74, 6) is 0.0192. The van der Waals surface area contributed by atoms with Crippen LogP contribution in [0, 0.1) is 19.8 Å². The molecular weight excluding hydrogens is 234 g/mol. The second-order valence-electron chi connectivity index (χ2n) is 4.83. The van der Waals surface area contributed by atoms with Crippen LogP contribution in [0.4, 0.5) is 0 Å². The van der Waals surface area contributed by atoms with Crippen LogP contribution in [0.2, 0.25) is 0 Å². The van der Waals surface area contributed by atoms with Crippen molar-refractivity contribution in [1.82, 2.24) is 0 Å². The molecule has 0 aliphatic carbocycles. The average Bonchev–Trinajstić information content (AvgIpc) is 2.16. The predicted octanol–water partition coefficient (Wildman–Crippen LogP) is 2.06. The highest BCUT2D eigenvalue weighted by molar-refractivity contribution is 7.92. The molecule has 1 unspecified atom stereocenters. The topological polar surface area (TPSA) is 60.2 Å². The van der Waals surface area contributed by atoms with E-state index in [-0.39, 0.29) is 12.5 Å². The van der Waals surface area contributed by atoms with E-state index in [1.165, 1.54) is 0 Å². The molecule has 0 saturated carbocycles. The summed E-state index contributed by atoms with van der Waals surface area (Å²) >= 11 is 0. The van der Waals surface area contributed by atoms with E-state index in [1.54, 1.807) is 6.07 Å². The second kappa shape index (κ2) is 5.19. The van der Waals surface area contributed by atoms with E-state index in [1.807, 2.05) is 39.8 Å². The molecule has 0 fully saturated rings. The van der Waals surface area contributed by atoms with Gasteiger partial charge in [-0.05, 0) is 31.4 Å². The zero-order valence-corrected chi connectivity index (χ0v) is 11.7. The molecule has 2 N–H and O–H groups in total. The van der Waals surface area contributed by atoms with E-state index in [9.17, 15) is 8.42 Å². The van der Waals surface area contributed by atoms with Crippen molar-refractivity contribution >= 4 is 9.84 Å². The van der Waals surface area contributed by atoms with E-state index in [2.05, 4.69) is 0 Å². The summed E-state index contributed by atoms with van der Waals surface area (Å²) in [4.78, 5) is 0.409. The van der Waals surface area contributed by atoms with Gasteiger partial charge in [-0.15, -0.1) is 0 Å². The summed E-state index contributed by atoms with van der Waals surface area (Å²) in [6.45, 7) is 7.71. The van der Waals surface area contributed by atoms with E-state index in [0.717, 1.165) is 11.1 Å². The zero-order chi connectivity index (χ0) is 13.2. The van der Waals surface area contributed by atoms with Crippen molar-refractivity contribution in [2.24, 2.45) is 11.7 Å². The van der Waals surface area contributed by atoms with Crippen LogP contribution in [0.1, 0.15) is 25.0 Å². The molecule has 1 aromatic carbocycles. The normalized spacial score (nSPS) is 14.0. The molecule has 3 nitrogen and oxygen atoms in total. The Morgan fingerprint density at radius 2 is 1.82 bits per heavy atom. The van der Waals surface area contributed by atoms with E-state index in [0.29, 0.717) is 4.90 Å². The molecule has 0 heterocycles. The number of nitrogens with two attached hydrogens (primary N) is 1. The number of hydrogen-bond acceptors (Lipinski definition) is 3. The van der Waals surface area contributed by atoms with Gasteiger partial charge in [0.15, 0.2) is 9.84 Å². The maximum Gasteiger partial charge on any atom is 0.182 e. The number of aryl methyl sites for hydroxylation is 2. The van der Waals surface area contributed by atoms with Crippen LogP contribution >= 0.6 is 0 Å². The third-order valence-corrected chi connectivity index (χ3v) is 5.62. The van der Waals surface area contributed by atoms with Crippen molar-refractivity contribution in [1.29, 1.82) is 0 Å². The van der Waals surface area contributed by atoms with Gasteiger partial charge in [0.2, 0.25) is 0 Å². The smallest absolute Gasteiger partial charge is 0.182 e. The lowest BCUT2D eigenvalue weighted by atomic mass is 10.1. The molecule has 96 valence electrons. The third kappa shape index (κ3) is 2.87. The molecule has 0 aliphatic heterocycles. The molecule has 0 saturated heterocycles. The van der Waals surface area contributed by atoms with Crippen LogP contribution in [0.25, 0.3) is 0 Å². The van der Waals surface area contributed by atoms with Crippen LogP contribution < -0.4 is 5.73 Å². The van der Waals surface area contributed by atoms with Gasteiger partial charge in [0.1, 0.15) is 0 Å². The zero-order valence-electron chi connectivity index (χ0n) is 10.9. The third-order valence-electron chi connectivity index (χ3n) is 3.01. The quantitative estimate of drug-likeness (QED) is 0.896. The van der Waals surface area contributed by atoms with Crippen molar-refractivity contribution in [3.63, 3.8) is 0 Å². The monoisotopic (exact) mass is 255 g/mol. The summed E-state index contributed by atoms with van der Waals surface area (Å²) in [6.07, 6.45) is 0. The van der Waals surface area contributed by atoms with Gasteiger partial charge in [0.05, 0.1) is 10.1 Å². The lowest BCUT2D eigenvalue weighted by molar-refractivity contribution is 0.533. The van der Waals surface area contributed by atoms with Gasteiger partial charge >= 0.3 is 0 Å². The molecule has 1 aromatic rings. The van der Waals surface area contributed by atoms with Crippen LogP contribution in [0.3, 0.4) is 0 Å². The Hall–Kier alpha value is -0.870. The minimum atomic E-state index is -3.32. The van der Waals surface area contributed by atoms with Gasteiger partial charge < -0.3 is 5.73 Å². The molecule has 0 bridgehead atoms. The number of hydrogen-bond donors (Lipinski definition) is 1. The lowest BCUT2D eigenvalue weighted by Crippen LogP contribution is -2.34. The van der Waals surface area contributed by atoms with Crippen LogP contribution in [-0.2, 0) is 9.84 Å². The maximum absolute atomic E-state index is 12.5. The first-order valence-corrected chi connectivity index (χ1v) is 7.36. The summed E-state index contributed by atoms with van der Waals surface area (Å²) < 4.78 is 24.9. The van der Waals surface area contributed by atoms with Gasteiger partial charge in [-0.2, -0.15) is 0 Å². The van der Waals surface area contributed by atoms with Crippen molar-refractivity contribution in [2.75, 3.05) is 6.54 Å². The van der Waals surface area contributed by atoms with Crippen molar-refractivity contribution < 1.29 is 8.42 Å². The molecule has 4 heteroatoms. The minimum absolute atomic E-state index is 0.0192. The molecular formula is C13H21NO2S. The largest absolute Gasteiger partial charge is 0.329 e. The predicted molar refractivity (Wildman–Crippen MR) is 70.8 cm³/mol.